The molecule has 1 saturated carbocycles. The summed E-state index contributed by atoms with van der Waals surface area (Å²) >= 11 is 0. The summed E-state index contributed by atoms with van der Waals surface area (Å²) in [5.74, 6) is -1.15. The van der Waals surface area contributed by atoms with Gasteiger partial charge in [-0.25, -0.2) is 0 Å². The molecule has 0 saturated heterocycles. The van der Waals surface area contributed by atoms with Crippen molar-refractivity contribution in [1.29, 1.82) is 0 Å². The van der Waals surface area contributed by atoms with Gasteiger partial charge in [-0.2, -0.15) is 0 Å². The SMILES string of the molecule is CCCN(CC(=O)O)C(=O)C(CC)OC1CCCCC1. The zero-order chi connectivity index (χ0) is 15.0. The average Bonchev–Trinajstić information content (AvgIpc) is 2.44. The van der Waals surface area contributed by atoms with Crippen molar-refractivity contribution in [2.24, 2.45) is 0 Å². The standard InChI is InChI=1S/C15H27NO4/c1-3-10-16(11-14(17)18)15(19)13(4-2)20-12-8-6-5-7-9-12/h12-13H,3-11H2,1-2H3,(H,17,18). The fourth-order valence-electron chi connectivity index (χ4n) is 2.67. The molecule has 1 aliphatic carbocycles. The Morgan fingerprint density at radius 2 is 1.90 bits per heavy atom. The molecule has 1 amide bonds. The Labute approximate surface area is 121 Å². The molecule has 1 aliphatic rings. The summed E-state index contributed by atoms with van der Waals surface area (Å²) in [5, 5.41) is 8.90. The zero-order valence-corrected chi connectivity index (χ0v) is 12.6. The van der Waals surface area contributed by atoms with E-state index in [4.69, 9.17) is 9.84 Å². The second-order valence-electron chi connectivity index (χ2n) is 5.45. The number of nitrogens with zero attached hydrogens (tertiary/aromatic N) is 1. The van der Waals surface area contributed by atoms with Gasteiger partial charge in [-0.3, -0.25) is 9.59 Å². The van der Waals surface area contributed by atoms with Gasteiger partial charge < -0.3 is 14.7 Å². The number of aliphatic carboxylic acids is 1. The van der Waals surface area contributed by atoms with Crippen molar-refractivity contribution in [2.75, 3.05) is 13.1 Å². The normalized spacial score (nSPS) is 17.7. The van der Waals surface area contributed by atoms with E-state index >= 15 is 0 Å². The highest BCUT2D eigenvalue weighted by Gasteiger charge is 2.27. The molecule has 1 fully saturated rings. The third-order valence-electron chi connectivity index (χ3n) is 3.69. The molecular weight excluding hydrogens is 258 g/mol. The predicted molar refractivity (Wildman–Crippen MR) is 76.5 cm³/mol. The molecule has 20 heavy (non-hydrogen) atoms. The maximum atomic E-state index is 12.4. The van der Waals surface area contributed by atoms with Crippen LogP contribution < -0.4 is 0 Å². The summed E-state index contributed by atoms with van der Waals surface area (Å²) < 4.78 is 5.93. The van der Waals surface area contributed by atoms with Crippen LogP contribution in [0.1, 0.15) is 58.8 Å². The van der Waals surface area contributed by atoms with E-state index in [0.717, 1.165) is 32.1 Å². The minimum atomic E-state index is -0.973. The Morgan fingerprint density at radius 3 is 2.40 bits per heavy atom. The van der Waals surface area contributed by atoms with Crippen molar-refractivity contribution < 1.29 is 19.4 Å². The molecule has 0 aliphatic heterocycles. The fraction of sp³-hybridized carbons (Fsp3) is 0.867. The first-order valence-corrected chi connectivity index (χ1v) is 7.74. The van der Waals surface area contributed by atoms with Gasteiger partial charge in [0.15, 0.2) is 0 Å². The maximum absolute atomic E-state index is 12.4. The third-order valence-corrected chi connectivity index (χ3v) is 3.69. The van der Waals surface area contributed by atoms with Crippen LogP contribution in [0.25, 0.3) is 0 Å². The van der Waals surface area contributed by atoms with Crippen molar-refractivity contribution in [3.05, 3.63) is 0 Å². The first kappa shape index (κ1) is 17.0. The highest BCUT2D eigenvalue weighted by molar-refractivity contribution is 5.84. The van der Waals surface area contributed by atoms with E-state index in [9.17, 15) is 9.59 Å². The van der Waals surface area contributed by atoms with Gasteiger partial charge in [0.1, 0.15) is 12.6 Å². The minimum absolute atomic E-state index is 0.158. The molecule has 0 radical (unpaired) electrons. The lowest BCUT2D eigenvalue weighted by molar-refractivity contribution is -0.154. The fourth-order valence-corrected chi connectivity index (χ4v) is 2.67. The van der Waals surface area contributed by atoms with Crippen LogP contribution in [0.15, 0.2) is 0 Å². The molecular formula is C15H27NO4. The summed E-state index contributed by atoms with van der Waals surface area (Å²) in [4.78, 5) is 24.7. The van der Waals surface area contributed by atoms with Gasteiger partial charge in [-0.1, -0.05) is 33.1 Å². The first-order valence-electron chi connectivity index (χ1n) is 7.74. The number of carbonyl (C=O) groups excluding carboxylic acids is 1. The largest absolute Gasteiger partial charge is 0.480 e. The molecule has 116 valence electrons. The van der Waals surface area contributed by atoms with Crippen LogP contribution in [0.3, 0.4) is 0 Å². The Morgan fingerprint density at radius 1 is 1.25 bits per heavy atom. The molecule has 0 heterocycles. The third kappa shape index (κ3) is 5.49. The van der Waals surface area contributed by atoms with Crippen LogP contribution in [-0.2, 0) is 14.3 Å². The zero-order valence-electron chi connectivity index (χ0n) is 12.6. The van der Waals surface area contributed by atoms with Gasteiger partial charge >= 0.3 is 5.97 Å². The van der Waals surface area contributed by atoms with E-state index in [2.05, 4.69) is 0 Å². The van der Waals surface area contributed by atoms with E-state index < -0.39 is 12.1 Å². The van der Waals surface area contributed by atoms with Crippen LogP contribution in [0, 0.1) is 0 Å². The molecule has 1 N–H and O–H groups in total. The number of carbonyl (C=O) groups is 2. The number of hydrogen-bond donors (Lipinski definition) is 1. The lowest BCUT2D eigenvalue weighted by atomic mass is 9.97. The summed E-state index contributed by atoms with van der Waals surface area (Å²) in [5.41, 5.74) is 0. The van der Waals surface area contributed by atoms with Crippen LogP contribution in [0.4, 0.5) is 0 Å². The Kier molecular flexibility index (Phi) is 7.59. The van der Waals surface area contributed by atoms with Crippen molar-refractivity contribution in [2.45, 2.75) is 71.0 Å². The summed E-state index contributed by atoms with van der Waals surface area (Å²) in [7, 11) is 0. The Hall–Kier alpha value is -1.10. The van der Waals surface area contributed by atoms with Crippen LogP contribution in [0.5, 0.6) is 0 Å². The van der Waals surface area contributed by atoms with Gasteiger partial charge in [-0.15, -0.1) is 0 Å². The molecule has 0 aromatic heterocycles. The summed E-state index contributed by atoms with van der Waals surface area (Å²) in [6.45, 7) is 4.08. The van der Waals surface area contributed by atoms with E-state index in [1.54, 1.807) is 0 Å². The van der Waals surface area contributed by atoms with E-state index in [1.165, 1.54) is 11.3 Å². The number of carboxylic acid groups (broad SMARTS) is 1. The van der Waals surface area contributed by atoms with Crippen molar-refractivity contribution in [3.8, 4) is 0 Å². The lowest BCUT2D eigenvalue weighted by Crippen LogP contribution is -2.44. The van der Waals surface area contributed by atoms with Crippen LogP contribution >= 0.6 is 0 Å². The van der Waals surface area contributed by atoms with Crippen molar-refractivity contribution >= 4 is 11.9 Å². The molecule has 0 aromatic rings. The van der Waals surface area contributed by atoms with E-state index in [0.29, 0.717) is 13.0 Å². The second-order valence-corrected chi connectivity index (χ2v) is 5.45. The van der Waals surface area contributed by atoms with Gasteiger partial charge in [0.2, 0.25) is 0 Å². The van der Waals surface area contributed by atoms with Crippen LogP contribution in [-0.4, -0.2) is 47.2 Å². The number of amides is 1. The maximum Gasteiger partial charge on any atom is 0.323 e. The van der Waals surface area contributed by atoms with Crippen molar-refractivity contribution in [3.63, 3.8) is 0 Å². The molecule has 5 heteroatoms. The quantitative estimate of drug-likeness (QED) is 0.744. The van der Waals surface area contributed by atoms with Gasteiger partial charge in [-0.05, 0) is 25.7 Å². The minimum Gasteiger partial charge on any atom is -0.480 e. The molecule has 0 spiro atoms. The molecule has 0 bridgehead atoms. The molecule has 1 unspecified atom stereocenters. The number of ether oxygens (including phenoxy) is 1. The smallest absolute Gasteiger partial charge is 0.323 e. The highest BCUT2D eigenvalue weighted by Crippen LogP contribution is 2.22. The Bertz CT molecular complexity index is 313. The van der Waals surface area contributed by atoms with E-state index in [1.807, 2.05) is 13.8 Å². The monoisotopic (exact) mass is 285 g/mol. The van der Waals surface area contributed by atoms with Gasteiger partial charge in [0.25, 0.3) is 5.91 Å². The lowest BCUT2D eigenvalue weighted by Gasteiger charge is -2.30. The van der Waals surface area contributed by atoms with Gasteiger partial charge in [0.05, 0.1) is 6.10 Å². The molecule has 1 rings (SSSR count). The van der Waals surface area contributed by atoms with E-state index in [-0.39, 0.29) is 18.6 Å². The number of carboxylic acids is 1. The van der Waals surface area contributed by atoms with Gasteiger partial charge in [0, 0.05) is 6.54 Å². The summed E-state index contributed by atoms with van der Waals surface area (Å²) in [6, 6.07) is 0. The van der Waals surface area contributed by atoms with Crippen molar-refractivity contribution in [1.82, 2.24) is 4.90 Å². The average molecular weight is 285 g/mol. The number of rotatable bonds is 8. The highest BCUT2D eigenvalue weighted by atomic mass is 16.5. The topological polar surface area (TPSA) is 66.8 Å². The van der Waals surface area contributed by atoms with Crippen LogP contribution in [0.2, 0.25) is 0 Å². The Balaban J connectivity index is 2.59. The molecule has 0 aromatic carbocycles. The summed E-state index contributed by atoms with van der Waals surface area (Å²) in [6.07, 6.45) is 6.58. The molecule has 5 nitrogen and oxygen atoms in total. The number of hydrogen-bond acceptors (Lipinski definition) is 3. The predicted octanol–water partition coefficient (Wildman–Crippen LogP) is 2.44. The first-order chi connectivity index (χ1) is 9.58. The molecule has 1 atom stereocenters. The second kappa shape index (κ2) is 8.95.